The highest BCUT2D eigenvalue weighted by atomic mass is 19.3. The Bertz CT molecular complexity index is 257. The van der Waals surface area contributed by atoms with Crippen LogP contribution in [0.4, 0.5) is 17.6 Å². The second kappa shape index (κ2) is 6.15. The number of ether oxygens (including phenoxy) is 2. The minimum atomic E-state index is -4.16. The lowest BCUT2D eigenvalue weighted by Crippen LogP contribution is -2.43. The maximum atomic E-state index is 12.5. The zero-order valence-electron chi connectivity index (χ0n) is 9.10. The van der Waals surface area contributed by atoms with Crippen LogP contribution in [0.3, 0.4) is 0 Å². The van der Waals surface area contributed by atoms with Crippen molar-refractivity contribution in [2.45, 2.75) is 12.3 Å². The van der Waals surface area contributed by atoms with Gasteiger partial charge in [-0.15, -0.1) is 0 Å². The average molecular weight is 258 g/mol. The average Bonchev–Trinajstić information content (AvgIpc) is 2.29. The molecular formula is C9H14F4N2O2. The van der Waals surface area contributed by atoms with E-state index in [0.717, 1.165) is 0 Å². The van der Waals surface area contributed by atoms with Crippen molar-refractivity contribution in [3.63, 3.8) is 0 Å². The van der Waals surface area contributed by atoms with Crippen LogP contribution in [-0.2, 0) is 9.47 Å². The molecule has 0 aromatic rings. The standard InChI is InChI=1S/C9H14F4N2O2/c10-8(11)9(12,13)6-17-5-7(14)15-1-3-16-4-2-15/h8,14H,1-6H2. The van der Waals surface area contributed by atoms with Crippen LogP contribution in [0.5, 0.6) is 0 Å². The van der Waals surface area contributed by atoms with Crippen molar-refractivity contribution in [3.05, 3.63) is 0 Å². The summed E-state index contributed by atoms with van der Waals surface area (Å²) in [6, 6.07) is 0. The predicted octanol–water partition coefficient (Wildman–Crippen LogP) is 1.21. The number of morpholine rings is 1. The van der Waals surface area contributed by atoms with E-state index in [0.29, 0.717) is 26.3 Å². The molecule has 17 heavy (non-hydrogen) atoms. The molecule has 1 N–H and O–H groups in total. The molecule has 0 radical (unpaired) electrons. The van der Waals surface area contributed by atoms with Gasteiger partial charge >= 0.3 is 12.3 Å². The Balaban J connectivity index is 2.24. The van der Waals surface area contributed by atoms with Crippen molar-refractivity contribution in [3.8, 4) is 0 Å². The Morgan fingerprint density at radius 3 is 2.47 bits per heavy atom. The highest BCUT2D eigenvalue weighted by molar-refractivity contribution is 5.80. The maximum Gasteiger partial charge on any atom is 0.330 e. The van der Waals surface area contributed by atoms with Gasteiger partial charge in [-0.2, -0.15) is 8.78 Å². The summed E-state index contributed by atoms with van der Waals surface area (Å²) in [5.74, 6) is -4.16. The molecule has 1 aliphatic heterocycles. The van der Waals surface area contributed by atoms with Gasteiger partial charge in [0, 0.05) is 13.1 Å². The van der Waals surface area contributed by atoms with Crippen LogP contribution in [-0.4, -0.2) is 62.6 Å². The minimum Gasteiger partial charge on any atom is -0.378 e. The van der Waals surface area contributed by atoms with Crippen LogP contribution in [0, 0.1) is 5.41 Å². The van der Waals surface area contributed by atoms with Gasteiger partial charge in [-0.25, -0.2) is 8.78 Å². The van der Waals surface area contributed by atoms with Gasteiger partial charge in [0.1, 0.15) is 19.0 Å². The summed E-state index contributed by atoms with van der Waals surface area (Å²) in [4.78, 5) is 1.60. The summed E-state index contributed by atoms with van der Waals surface area (Å²) in [7, 11) is 0. The third-order valence-corrected chi connectivity index (χ3v) is 2.25. The second-order valence-electron chi connectivity index (χ2n) is 3.60. The van der Waals surface area contributed by atoms with E-state index in [1.165, 1.54) is 0 Å². The van der Waals surface area contributed by atoms with E-state index in [9.17, 15) is 17.6 Å². The number of amidine groups is 1. The van der Waals surface area contributed by atoms with Crippen molar-refractivity contribution >= 4 is 5.84 Å². The Kier molecular flexibility index (Phi) is 5.13. The zero-order chi connectivity index (χ0) is 12.9. The molecule has 8 heteroatoms. The van der Waals surface area contributed by atoms with Gasteiger partial charge in [-0.3, -0.25) is 5.41 Å². The fourth-order valence-electron chi connectivity index (χ4n) is 1.27. The summed E-state index contributed by atoms with van der Waals surface area (Å²) in [5.41, 5.74) is 0. The van der Waals surface area contributed by atoms with E-state index in [2.05, 4.69) is 4.74 Å². The third-order valence-electron chi connectivity index (χ3n) is 2.25. The normalized spacial score (nSPS) is 17.6. The van der Waals surface area contributed by atoms with E-state index < -0.39 is 25.6 Å². The Morgan fingerprint density at radius 1 is 1.35 bits per heavy atom. The fraction of sp³-hybridized carbons (Fsp3) is 0.889. The van der Waals surface area contributed by atoms with Crippen LogP contribution in [0.15, 0.2) is 0 Å². The SMILES string of the molecule is N=C(COCC(F)(F)C(F)F)N1CCOCC1. The van der Waals surface area contributed by atoms with Gasteiger partial charge in [0.15, 0.2) is 0 Å². The molecule has 0 spiro atoms. The molecule has 0 aliphatic carbocycles. The number of halogens is 4. The molecule has 1 fully saturated rings. The Labute approximate surface area is 96.0 Å². The van der Waals surface area contributed by atoms with Crippen molar-refractivity contribution < 1.29 is 27.0 Å². The molecule has 0 aromatic carbocycles. The van der Waals surface area contributed by atoms with Crippen LogP contribution in [0.2, 0.25) is 0 Å². The van der Waals surface area contributed by atoms with Crippen molar-refractivity contribution in [1.82, 2.24) is 4.90 Å². The first kappa shape index (κ1) is 14.2. The summed E-state index contributed by atoms with van der Waals surface area (Å²) >= 11 is 0. The van der Waals surface area contributed by atoms with Gasteiger partial charge in [0.25, 0.3) is 0 Å². The van der Waals surface area contributed by atoms with E-state index >= 15 is 0 Å². The number of nitrogens with one attached hydrogen (secondary N) is 1. The van der Waals surface area contributed by atoms with Crippen LogP contribution < -0.4 is 0 Å². The molecule has 1 rings (SSSR count). The summed E-state index contributed by atoms with van der Waals surface area (Å²) < 4.78 is 58.0. The van der Waals surface area contributed by atoms with Gasteiger partial charge in [0.2, 0.25) is 0 Å². The topological polar surface area (TPSA) is 45.5 Å². The van der Waals surface area contributed by atoms with E-state index in [1.54, 1.807) is 4.90 Å². The smallest absolute Gasteiger partial charge is 0.330 e. The molecule has 4 nitrogen and oxygen atoms in total. The molecular weight excluding hydrogens is 244 g/mol. The minimum absolute atomic E-state index is 0.00151. The second-order valence-corrected chi connectivity index (χ2v) is 3.60. The van der Waals surface area contributed by atoms with E-state index in [-0.39, 0.29) is 5.84 Å². The van der Waals surface area contributed by atoms with Crippen molar-refractivity contribution in [1.29, 1.82) is 5.41 Å². The van der Waals surface area contributed by atoms with Crippen molar-refractivity contribution in [2.24, 2.45) is 0 Å². The number of alkyl halides is 4. The molecule has 0 atom stereocenters. The number of rotatable bonds is 5. The van der Waals surface area contributed by atoms with Gasteiger partial charge < -0.3 is 14.4 Å². The summed E-state index contributed by atoms with van der Waals surface area (Å²) in [6.45, 7) is 0.0890. The molecule has 1 saturated heterocycles. The van der Waals surface area contributed by atoms with E-state index in [4.69, 9.17) is 10.1 Å². The molecule has 100 valence electrons. The van der Waals surface area contributed by atoms with Gasteiger partial charge in [-0.1, -0.05) is 0 Å². The lowest BCUT2D eigenvalue weighted by Gasteiger charge is -2.29. The van der Waals surface area contributed by atoms with Crippen LogP contribution >= 0.6 is 0 Å². The molecule has 0 amide bonds. The third kappa shape index (κ3) is 4.47. The number of hydrogen-bond donors (Lipinski definition) is 1. The molecule has 0 saturated carbocycles. The molecule has 0 unspecified atom stereocenters. The molecule has 0 aromatic heterocycles. The zero-order valence-corrected chi connectivity index (χ0v) is 9.10. The summed E-state index contributed by atoms with van der Waals surface area (Å²) in [5, 5.41) is 7.51. The lowest BCUT2D eigenvalue weighted by atomic mass is 10.4. The summed E-state index contributed by atoms with van der Waals surface area (Å²) in [6.07, 6.45) is -3.75. The van der Waals surface area contributed by atoms with Crippen LogP contribution in [0.25, 0.3) is 0 Å². The molecule has 1 heterocycles. The first-order valence-electron chi connectivity index (χ1n) is 5.07. The van der Waals surface area contributed by atoms with E-state index in [1.807, 2.05) is 0 Å². The predicted molar refractivity (Wildman–Crippen MR) is 51.9 cm³/mol. The fourth-order valence-corrected chi connectivity index (χ4v) is 1.27. The first-order chi connectivity index (χ1) is 7.93. The largest absolute Gasteiger partial charge is 0.378 e. The Morgan fingerprint density at radius 2 is 1.94 bits per heavy atom. The number of hydrogen-bond acceptors (Lipinski definition) is 3. The lowest BCUT2D eigenvalue weighted by molar-refractivity contribution is -0.162. The van der Waals surface area contributed by atoms with Gasteiger partial charge in [-0.05, 0) is 0 Å². The molecule has 0 bridgehead atoms. The Hall–Kier alpha value is -0.890. The monoisotopic (exact) mass is 258 g/mol. The maximum absolute atomic E-state index is 12.5. The first-order valence-corrected chi connectivity index (χ1v) is 5.07. The van der Waals surface area contributed by atoms with Crippen molar-refractivity contribution in [2.75, 3.05) is 39.5 Å². The van der Waals surface area contributed by atoms with Crippen LogP contribution in [0.1, 0.15) is 0 Å². The molecule has 1 aliphatic rings. The quantitative estimate of drug-likeness (QED) is 0.458. The highest BCUT2D eigenvalue weighted by Gasteiger charge is 2.41. The van der Waals surface area contributed by atoms with Gasteiger partial charge in [0.05, 0.1) is 13.2 Å². The number of nitrogens with zero attached hydrogens (tertiary/aromatic N) is 1. The highest BCUT2D eigenvalue weighted by Crippen LogP contribution is 2.22.